The van der Waals surface area contributed by atoms with Crippen LogP contribution >= 0.6 is 11.6 Å². The average molecular weight is 572 g/mol. The monoisotopic (exact) mass is 571 g/mol. The molecule has 3 aliphatic rings. The topological polar surface area (TPSA) is 77.3 Å². The first kappa shape index (κ1) is 31.0. The zero-order chi connectivity index (χ0) is 28.9. The maximum atomic E-state index is 11.9. The number of nitrogens with two attached hydrogens (primary N) is 1. The summed E-state index contributed by atoms with van der Waals surface area (Å²) in [5, 5.41) is 0.794. The van der Waals surface area contributed by atoms with Crippen LogP contribution in [0.4, 0.5) is 9.18 Å². The Morgan fingerprint density at radius 1 is 0.950 bits per heavy atom. The first-order valence-corrected chi connectivity index (χ1v) is 13.8. The number of hydrogen-bond donors (Lipinski definition) is 1. The van der Waals surface area contributed by atoms with Crippen molar-refractivity contribution >= 4 is 17.6 Å². The van der Waals surface area contributed by atoms with Crippen molar-refractivity contribution in [2.75, 3.05) is 47.4 Å². The van der Waals surface area contributed by atoms with Crippen molar-refractivity contribution in [2.24, 2.45) is 5.73 Å². The first-order valence-electron chi connectivity index (χ1n) is 13.4. The lowest BCUT2D eigenvalue weighted by molar-refractivity contribution is 0.161. The number of urea groups is 1. The summed E-state index contributed by atoms with van der Waals surface area (Å²) < 4.78 is 28.6. The van der Waals surface area contributed by atoms with Crippen LogP contribution in [0.3, 0.4) is 0 Å². The molecule has 1 saturated carbocycles. The molecule has 7 nitrogen and oxygen atoms in total. The van der Waals surface area contributed by atoms with Gasteiger partial charge in [0, 0.05) is 54.8 Å². The van der Waals surface area contributed by atoms with Crippen LogP contribution < -0.4 is 19.9 Å². The molecule has 0 aromatic heterocycles. The summed E-state index contributed by atoms with van der Waals surface area (Å²) >= 11 is 5.54. The van der Waals surface area contributed by atoms with Gasteiger partial charge in [0.1, 0.15) is 29.2 Å². The largest absolute Gasteiger partial charge is 0.496 e. The minimum atomic E-state index is -0.298. The van der Waals surface area contributed by atoms with Gasteiger partial charge in [0.15, 0.2) is 0 Å². The standard InChI is InChI=1S/C13H16O3.C6H5Cl.C6H5F.C6H13N3O/c1-14-8-6-11(15-2)13-9-4-3-5-10(9)16-12(13)7-8;2*7-6-4-2-1-3-5-6;1-8-2-4-9(5-3-8)6(7)10/h6-7,9-10H,3-5H2,1-2H3;2*1-5H;2-5H2,1H3,(H2,7,10). The molecule has 0 radical (unpaired) electrons. The molecule has 216 valence electrons. The number of benzene rings is 3. The molecular weight excluding hydrogens is 533 g/mol. The number of ether oxygens (including phenoxy) is 3. The molecule has 0 bridgehead atoms. The number of piperazine rings is 1. The minimum absolute atomic E-state index is 0.178. The third-order valence-electron chi connectivity index (χ3n) is 6.92. The number of amides is 2. The Morgan fingerprint density at radius 3 is 2.05 bits per heavy atom. The van der Waals surface area contributed by atoms with E-state index in [4.69, 9.17) is 31.5 Å². The number of nitrogens with zero attached hydrogens (tertiary/aromatic N) is 2. The second kappa shape index (κ2) is 15.9. The fourth-order valence-corrected chi connectivity index (χ4v) is 4.89. The SMILES string of the molecule is CN1CCN(C(N)=O)CC1.COc1cc(OC)c2c(c1)OC1CCCC21.Clc1ccccc1.Fc1ccccc1. The van der Waals surface area contributed by atoms with E-state index in [1.54, 1.807) is 37.3 Å². The number of methoxy groups -OCH3 is 2. The third kappa shape index (κ3) is 9.31. The summed E-state index contributed by atoms with van der Waals surface area (Å²) in [5.41, 5.74) is 6.32. The Hall–Kier alpha value is -3.49. The number of carbonyl (C=O) groups excluding carboxylic acids is 1. The van der Waals surface area contributed by atoms with Crippen molar-refractivity contribution < 1.29 is 23.4 Å². The Bertz CT molecular complexity index is 1140. The maximum Gasteiger partial charge on any atom is 0.314 e. The van der Waals surface area contributed by atoms with Gasteiger partial charge in [-0.15, -0.1) is 0 Å². The summed E-state index contributed by atoms with van der Waals surface area (Å²) in [6.07, 6.45) is 3.98. The molecule has 2 atom stereocenters. The van der Waals surface area contributed by atoms with Crippen LogP contribution in [-0.2, 0) is 0 Å². The van der Waals surface area contributed by atoms with Gasteiger partial charge in [-0.25, -0.2) is 9.18 Å². The lowest BCUT2D eigenvalue weighted by atomic mass is 9.96. The number of primary amides is 1. The average Bonchev–Trinajstić information content (AvgIpc) is 3.56. The van der Waals surface area contributed by atoms with E-state index in [1.807, 2.05) is 49.5 Å². The smallest absolute Gasteiger partial charge is 0.314 e. The summed E-state index contributed by atoms with van der Waals surface area (Å²) in [5.74, 6) is 3.00. The highest BCUT2D eigenvalue weighted by Crippen LogP contribution is 2.52. The molecule has 2 heterocycles. The van der Waals surface area contributed by atoms with Gasteiger partial charge in [-0.05, 0) is 50.6 Å². The van der Waals surface area contributed by atoms with Crippen LogP contribution in [0.5, 0.6) is 17.2 Å². The van der Waals surface area contributed by atoms with Crippen molar-refractivity contribution in [3.63, 3.8) is 0 Å². The first-order chi connectivity index (χ1) is 19.3. The molecule has 9 heteroatoms. The maximum absolute atomic E-state index is 11.9. The highest BCUT2D eigenvalue weighted by atomic mass is 35.5. The van der Waals surface area contributed by atoms with E-state index in [-0.39, 0.29) is 11.8 Å². The van der Waals surface area contributed by atoms with Crippen LogP contribution in [0.15, 0.2) is 72.8 Å². The molecule has 6 rings (SSSR count). The van der Waals surface area contributed by atoms with Crippen LogP contribution in [0, 0.1) is 5.82 Å². The summed E-state index contributed by atoms with van der Waals surface area (Å²) in [4.78, 5) is 14.4. The van der Waals surface area contributed by atoms with Gasteiger partial charge in [-0.2, -0.15) is 0 Å². The molecular formula is C31H39ClFN3O4. The number of carbonyl (C=O) groups is 1. The molecule has 3 aromatic rings. The van der Waals surface area contributed by atoms with E-state index in [0.717, 1.165) is 54.9 Å². The van der Waals surface area contributed by atoms with Crippen LogP contribution in [0.2, 0.25) is 5.02 Å². The Balaban J connectivity index is 0.000000158. The Morgan fingerprint density at radius 2 is 1.57 bits per heavy atom. The molecule has 2 fully saturated rings. The number of hydrogen-bond acceptors (Lipinski definition) is 5. The number of fused-ring (bicyclic) bond motifs is 3. The van der Waals surface area contributed by atoms with Gasteiger partial charge in [-0.1, -0.05) is 48.0 Å². The Kier molecular flexibility index (Phi) is 12.4. The van der Waals surface area contributed by atoms with E-state index >= 15 is 0 Å². The molecule has 40 heavy (non-hydrogen) atoms. The van der Waals surface area contributed by atoms with Gasteiger partial charge in [0.2, 0.25) is 0 Å². The highest BCUT2D eigenvalue weighted by Gasteiger charge is 2.40. The summed E-state index contributed by atoms with van der Waals surface area (Å²) in [6.45, 7) is 3.41. The van der Waals surface area contributed by atoms with Crippen molar-refractivity contribution in [3.8, 4) is 17.2 Å². The fraction of sp³-hybridized carbons (Fsp3) is 0.387. The van der Waals surface area contributed by atoms with E-state index < -0.39 is 0 Å². The van der Waals surface area contributed by atoms with Gasteiger partial charge in [0.25, 0.3) is 0 Å². The molecule has 3 aromatic carbocycles. The molecule has 1 saturated heterocycles. The molecule has 2 amide bonds. The van der Waals surface area contributed by atoms with Gasteiger partial charge < -0.3 is 29.7 Å². The predicted molar refractivity (Wildman–Crippen MR) is 157 cm³/mol. The van der Waals surface area contributed by atoms with Gasteiger partial charge >= 0.3 is 6.03 Å². The Labute approximate surface area is 241 Å². The zero-order valence-electron chi connectivity index (χ0n) is 23.4. The van der Waals surface area contributed by atoms with Gasteiger partial charge in [-0.3, -0.25) is 0 Å². The second-order valence-electron chi connectivity index (χ2n) is 9.65. The normalized spacial score (nSPS) is 18.7. The number of likely N-dealkylation sites (N-methyl/N-ethyl adjacent to an activating group) is 1. The lowest BCUT2D eigenvalue weighted by Crippen LogP contribution is -2.49. The third-order valence-corrected chi connectivity index (χ3v) is 7.17. The van der Waals surface area contributed by atoms with E-state index in [0.29, 0.717) is 12.0 Å². The van der Waals surface area contributed by atoms with Gasteiger partial charge in [0.05, 0.1) is 14.2 Å². The highest BCUT2D eigenvalue weighted by molar-refractivity contribution is 6.30. The quantitative estimate of drug-likeness (QED) is 0.396. The van der Waals surface area contributed by atoms with Crippen LogP contribution in [-0.4, -0.2) is 69.4 Å². The van der Waals surface area contributed by atoms with E-state index in [2.05, 4.69) is 4.90 Å². The summed E-state index contributed by atoms with van der Waals surface area (Å²) in [7, 11) is 5.41. The lowest BCUT2D eigenvalue weighted by Gasteiger charge is -2.30. The van der Waals surface area contributed by atoms with Crippen LogP contribution in [0.25, 0.3) is 0 Å². The van der Waals surface area contributed by atoms with Crippen molar-refractivity contribution in [3.05, 3.63) is 89.2 Å². The van der Waals surface area contributed by atoms with Crippen LogP contribution in [0.1, 0.15) is 30.7 Å². The molecule has 1 aliphatic carbocycles. The zero-order valence-corrected chi connectivity index (χ0v) is 24.1. The molecule has 2 unspecified atom stereocenters. The number of halogens is 2. The second-order valence-corrected chi connectivity index (χ2v) is 10.1. The molecule has 2 N–H and O–H groups in total. The fourth-order valence-electron chi connectivity index (χ4n) is 4.74. The number of rotatable bonds is 2. The van der Waals surface area contributed by atoms with Crippen molar-refractivity contribution in [1.82, 2.24) is 9.80 Å². The van der Waals surface area contributed by atoms with Crippen molar-refractivity contribution in [2.45, 2.75) is 31.3 Å². The minimum Gasteiger partial charge on any atom is -0.496 e. The van der Waals surface area contributed by atoms with E-state index in [1.165, 1.54) is 30.5 Å². The van der Waals surface area contributed by atoms with Crippen molar-refractivity contribution in [1.29, 1.82) is 0 Å². The molecule has 0 spiro atoms. The summed E-state index contributed by atoms with van der Waals surface area (Å²) in [6, 6.07) is 21.0. The predicted octanol–water partition coefficient (Wildman–Crippen LogP) is 6.21. The molecule has 2 aliphatic heterocycles. The van der Waals surface area contributed by atoms with E-state index in [9.17, 15) is 9.18 Å².